The van der Waals surface area contributed by atoms with Gasteiger partial charge in [0.2, 0.25) is 5.91 Å². The van der Waals surface area contributed by atoms with Crippen LogP contribution in [0.25, 0.3) is 0 Å². The number of carbonyl (C=O) groups is 1. The molecule has 1 aromatic carbocycles. The summed E-state index contributed by atoms with van der Waals surface area (Å²) in [6.07, 6.45) is 0. The van der Waals surface area contributed by atoms with Crippen molar-refractivity contribution >= 4 is 17.5 Å². The molecule has 1 unspecified atom stereocenters. The van der Waals surface area contributed by atoms with Crippen LogP contribution in [0.1, 0.15) is 31.0 Å². The van der Waals surface area contributed by atoms with Crippen LogP contribution in [0, 0.1) is 12.8 Å². The van der Waals surface area contributed by atoms with Gasteiger partial charge in [0.25, 0.3) is 0 Å². The number of nitrogens with one attached hydrogen (secondary N) is 1. The van der Waals surface area contributed by atoms with Crippen molar-refractivity contribution in [1.82, 2.24) is 5.32 Å². The van der Waals surface area contributed by atoms with E-state index in [1.807, 2.05) is 45.0 Å². The van der Waals surface area contributed by atoms with Gasteiger partial charge in [-0.1, -0.05) is 36.8 Å². The molecule has 1 amide bonds. The number of halogens is 1. The number of rotatable bonds is 4. The van der Waals surface area contributed by atoms with E-state index in [4.69, 9.17) is 11.6 Å². The van der Waals surface area contributed by atoms with Crippen molar-refractivity contribution in [2.75, 3.05) is 5.88 Å². The third kappa shape index (κ3) is 3.53. The third-order valence-corrected chi connectivity index (χ3v) is 3.08. The van der Waals surface area contributed by atoms with Gasteiger partial charge < -0.3 is 5.32 Å². The van der Waals surface area contributed by atoms with Gasteiger partial charge in [0, 0.05) is 11.8 Å². The van der Waals surface area contributed by atoms with Crippen molar-refractivity contribution in [3.63, 3.8) is 0 Å². The van der Waals surface area contributed by atoms with Crippen molar-refractivity contribution in [3.8, 4) is 0 Å². The van der Waals surface area contributed by atoms with Gasteiger partial charge in [-0.05, 0) is 19.4 Å². The van der Waals surface area contributed by atoms with E-state index in [2.05, 4.69) is 5.32 Å². The van der Waals surface area contributed by atoms with Gasteiger partial charge in [-0.15, -0.1) is 11.6 Å². The summed E-state index contributed by atoms with van der Waals surface area (Å²) in [7, 11) is 0. The lowest BCUT2D eigenvalue weighted by molar-refractivity contribution is -0.124. The van der Waals surface area contributed by atoms with Crippen LogP contribution in [0.2, 0.25) is 0 Å². The van der Waals surface area contributed by atoms with Crippen molar-refractivity contribution in [1.29, 1.82) is 0 Å². The Morgan fingerprint density at radius 3 is 2.38 bits per heavy atom. The highest BCUT2D eigenvalue weighted by atomic mass is 35.5. The topological polar surface area (TPSA) is 29.1 Å². The monoisotopic (exact) mass is 239 g/mol. The molecule has 1 aromatic rings. The molecule has 0 heterocycles. The molecule has 88 valence electrons. The van der Waals surface area contributed by atoms with Crippen LogP contribution in [0.4, 0.5) is 0 Å². The Balaban J connectivity index is 2.62. The summed E-state index contributed by atoms with van der Waals surface area (Å²) in [6.45, 7) is 5.84. The van der Waals surface area contributed by atoms with Crippen molar-refractivity contribution in [3.05, 3.63) is 35.4 Å². The standard InChI is InChI=1S/C13H18ClNO/c1-9-4-6-12(7-5-9)11(3)15-13(16)10(2)8-14/h4-7,10-11H,8H2,1-3H3,(H,15,16)/t10?,11-/m0/s1. The summed E-state index contributed by atoms with van der Waals surface area (Å²) in [6, 6.07) is 8.18. The van der Waals surface area contributed by atoms with Crippen molar-refractivity contribution < 1.29 is 4.79 Å². The maximum atomic E-state index is 11.6. The van der Waals surface area contributed by atoms with Gasteiger partial charge >= 0.3 is 0 Å². The van der Waals surface area contributed by atoms with E-state index in [0.717, 1.165) is 5.56 Å². The molecule has 3 heteroatoms. The van der Waals surface area contributed by atoms with Crippen LogP contribution < -0.4 is 5.32 Å². The molecule has 0 aliphatic carbocycles. The van der Waals surface area contributed by atoms with Crippen molar-refractivity contribution in [2.45, 2.75) is 26.8 Å². The molecule has 16 heavy (non-hydrogen) atoms. The summed E-state index contributed by atoms with van der Waals surface area (Å²) in [5.74, 6) is 0.213. The Hall–Kier alpha value is -1.02. The first-order valence-electron chi connectivity index (χ1n) is 5.47. The van der Waals surface area contributed by atoms with Crippen LogP contribution in [0.3, 0.4) is 0 Å². The van der Waals surface area contributed by atoms with Gasteiger partial charge in [-0.3, -0.25) is 4.79 Å². The number of hydrogen-bond donors (Lipinski definition) is 1. The van der Waals surface area contributed by atoms with Gasteiger partial charge in [0.15, 0.2) is 0 Å². The van der Waals surface area contributed by atoms with E-state index in [1.54, 1.807) is 0 Å². The van der Waals surface area contributed by atoms with Crippen LogP contribution in [-0.2, 0) is 4.79 Å². The lowest BCUT2D eigenvalue weighted by atomic mass is 10.1. The molecule has 0 saturated heterocycles. The SMILES string of the molecule is Cc1ccc([C@H](C)NC(=O)C(C)CCl)cc1. The fourth-order valence-electron chi connectivity index (χ4n) is 1.36. The fourth-order valence-corrected chi connectivity index (χ4v) is 1.50. The summed E-state index contributed by atoms with van der Waals surface area (Å²) in [4.78, 5) is 11.6. The second-order valence-corrected chi connectivity index (χ2v) is 4.50. The summed E-state index contributed by atoms with van der Waals surface area (Å²) in [5.41, 5.74) is 2.33. The number of benzene rings is 1. The van der Waals surface area contributed by atoms with Gasteiger partial charge in [-0.2, -0.15) is 0 Å². The fraction of sp³-hybridized carbons (Fsp3) is 0.462. The Morgan fingerprint density at radius 2 is 1.88 bits per heavy atom. The molecule has 0 aromatic heterocycles. The van der Waals surface area contributed by atoms with E-state index in [-0.39, 0.29) is 17.9 Å². The lowest BCUT2D eigenvalue weighted by Crippen LogP contribution is -2.32. The summed E-state index contributed by atoms with van der Waals surface area (Å²) < 4.78 is 0. The smallest absolute Gasteiger partial charge is 0.224 e. The van der Waals surface area contributed by atoms with Crippen LogP contribution in [0.5, 0.6) is 0 Å². The van der Waals surface area contributed by atoms with Crippen LogP contribution in [-0.4, -0.2) is 11.8 Å². The molecule has 0 fully saturated rings. The van der Waals surface area contributed by atoms with E-state index < -0.39 is 0 Å². The molecule has 2 atom stereocenters. The Morgan fingerprint density at radius 1 is 1.31 bits per heavy atom. The van der Waals surface area contributed by atoms with Gasteiger partial charge in [0.1, 0.15) is 0 Å². The van der Waals surface area contributed by atoms with Crippen molar-refractivity contribution in [2.24, 2.45) is 5.92 Å². The number of carbonyl (C=O) groups excluding carboxylic acids is 1. The average molecular weight is 240 g/mol. The number of amides is 1. The normalized spacial score (nSPS) is 14.2. The molecule has 0 bridgehead atoms. The zero-order chi connectivity index (χ0) is 12.1. The predicted molar refractivity (Wildman–Crippen MR) is 67.6 cm³/mol. The second kappa shape index (κ2) is 5.90. The summed E-state index contributed by atoms with van der Waals surface area (Å²) in [5, 5.41) is 2.94. The molecular weight excluding hydrogens is 222 g/mol. The first kappa shape index (κ1) is 13.0. The number of hydrogen-bond acceptors (Lipinski definition) is 1. The van der Waals surface area contributed by atoms with E-state index in [1.165, 1.54) is 5.56 Å². The second-order valence-electron chi connectivity index (χ2n) is 4.20. The highest BCUT2D eigenvalue weighted by Gasteiger charge is 2.14. The van der Waals surface area contributed by atoms with Crippen LogP contribution >= 0.6 is 11.6 Å². The minimum absolute atomic E-state index is 0.00285. The van der Waals surface area contributed by atoms with E-state index in [9.17, 15) is 4.79 Å². The maximum Gasteiger partial charge on any atom is 0.224 e. The molecule has 0 spiro atoms. The predicted octanol–water partition coefficient (Wildman–Crippen LogP) is 3.05. The molecule has 0 aliphatic heterocycles. The lowest BCUT2D eigenvalue weighted by Gasteiger charge is -2.16. The first-order valence-corrected chi connectivity index (χ1v) is 6.01. The van der Waals surface area contributed by atoms with Crippen LogP contribution in [0.15, 0.2) is 24.3 Å². The highest BCUT2D eigenvalue weighted by Crippen LogP contribution is 2.13. The number of alkyl halides is 1. The average Bonchev–Trinajstić information content (AvgIpc) is 2.28. The Kier molecular flexibility index (Phi) is 4.81. The van der Waals surface area contributed by atoms with Gasteiger partial charge in [0.05, 0.1) is 6.04 Å². The number of aryl methyl sites for hydroxylation is 1. The molecule has 1 rings (SSSR count). The Labute approximate surface area is 102 Å². The van der Waals surface area contributed by atoms with E-state index >= 15 is 0 Å². The maximum absolute atomic E-state index is 11.6. The van der Waals surface area contributed by atoms with E-state index in [0.29, 0.717) is 5.88 Å². The highest BCUT2D eigenvalue weighted by molar-refractivity contribution is 6.19. The zero-order valence-electron chi connectivity index (χ0n) is 9.96. The summed E-state index contributed by atoms with van der Waals surface area (Å²) >= 11 is 5.64. The molecule has 0 saturated carbocycles. The molecule has 0 radical (unpaired) electrons. The molecular formula is C13H18ClNO. The minimum atomic E-state index is -0.144. The third-order valence-electron chi connectivity index (χ3n) is 2.62. The molecule has 2 nitrogen and oxygen atoms in total. The first-order chi connectivity index (χ1) is 7.54. The Bertz CT molecular complexity index is 347. The largest absolute Gasteiger partial charge is 0.349 e. The zero-order valence-corrected chi connectivity index (χ0v) is 10.7. The molecule has 1 N–H and O–H groups in total. The molecule has 0 aliphatic rings. The van der Waals surface area contributed by atoms with Gasteiger partial charge in [-0.25, -0.2) is 0 Å². The minimum Gasteiger partial charge on any atom is -0.349 e. The quantitative estimate of drug-likeness (QED) is 0.804.